The number of aromatic amines is 1. The summed E-state index contributed by atoms with van der Waals surface area (Å²) < 4.78 is 2.09. The summed E-state index contributed by atoms with van der Waals surface area (Å²) in [4.78, 5) is 41.5. The van der Waals surface area contributed by atoms with Crippen molar-refractivity contribution < 1.29 is 4.79 Å². The minimum Gasteiger partial charge on any atom is -0.383 e. The van der Waals surface area contributed by atoms with E-state index in [9.17, 15) is 14.4 Å². The van der Waals surface area contributed by atoms with Crippen LogP contribution < -0.4 is 21.9 Å². The maximum absolute atomic E-state index is 13.1. The first-order valence-corrected chi connectivity index (χ1v) is 9.90. The van der Waals surface area contributed by atoms with Crippen molar-refractivity contribution in [3.8, 4) is 0 Å². The number of carbonyl (C=O) groups is 1. The van der Waals surface area contributed by atoms with Crippen molar-refractivity contribution in [2.45, 2.75) is 46.1 Å². The third-order valence-electron chi connectivity index (χ3n) is 4.27. The van der Waals surface area contributed by atoms with E-state index >= 15 is 0 Å². The highest BCUT2D eigenvalue weighted by molar-refractivity contribution is 9.10. The number of nitrogens with zero attached hydrogens (tertiary/aromatic N) is 2. The van der Waals surface area contributed by atoms with E-state index in [2.05, 4.69) is 20.9 Å². The van der Waals surface area contributed by atoms with Crippen LogP contribution in [0.5, 0.6) is 0 Å². The van der Waals surface area contributed by atoms with Gasteiger partial charge in [0, 0.05) is 23.1 Å². The molecule has 2 aromatic rings. The first-order chi connectivity index (χ1) is 12.9. The molecule has 0 aliphatic carbocycles. The van der Waals surface area contributed by atoms with Crippen LogP contribution in [0.4, 0.5) is 11.5 Å². The molecule has 0 fully saturated rings. The first-order valence-electron chi connectivity index (χ1n) is 9.10. The molecule has 1 heterocycles. The predicted octanol–water partition coefficient (Wildman–Crippen LogP) is 3.13. The topological polar surface area (TPSA) is 101 Å². The summed E-state index contributed by atoms with van der Waals surface area (Å²) in [5.74, 6) is -0.306. The number of nitrogens with one attached hydrogen (secondary N) is 1. The minimum atomic E-state index is -0.648. The van der Waals surface area contributed by atoms with Crippen LogP contribution >= 0.6 is 15.9 Å². The lowest BCUT2D eigenvalue weighted by Gasteiger charge is -2.24. The molecule has 2 rings (SSSR count). The molecule has 1 amide bonds. The van der Waals surface area contributed by atoms with Gasteiger partial charge in [-0.3, -0.25) is 19.1 Å². The molecule has 0 unspecified atom stereocenters. The molecule has 0 saturated heterocycles. The molecular weight excluding hydrogens is 412 g/mol. The Morgan fingerprint density at radius 2 is 1.93 bits per heavy atom. The van der Waals surface area contributed by atoms with Crippen LogP contribution in [0.3, 0.4) is 0 Å². The first kappa shape index (κ1) is 21.0. The van der Waals surface area contributed by atoms with Gasteiger partial charge in [-0.25, -0.2) is 4.79 Å². The molecule has 0 spiro atoms. The van der Waals surface area contributed by atoms with Gasteiger partial charge in [-0.05, 0) is 31.0 Å². The highest BCUT2D eigenvalue weighted by Gasteiger charge is 2.25. The van der Waals surface area contributed by atoms with E-state index in [1.807, 2.05) is 19.9 Å². The lowest BCUT2D eigenvalue weighted by molar-refractivity contribution is 0.0986. The molecule has 1 aromatic heterocycles. The van der Waals surface area contributed by atoms with Crippen molar-refractivity contribution in [3.05, 3.63) is 55.1 Å². The van der Waals surface area contributed by atoms with E-state index in [1.165, 1.54) is 9.47 Å². The fraction of sp³-hybridized carbons (Fsp3) is 0.421. The van der Waals surface area contributed by atoms with Gasteiger partial charge in [0.2, 0.25) is 0 Å². The second-order valence-corrected chi connectivity index (χ2v) is 7.23. The molecule has 0 bridgehead atoms. The number of anilines is 2. The summed E-state index contributed by atoms with van der Waals surface area (Å²) in [6.45, 7) is 4.72. The van der Waals surface area contributed by atoms with Gasteiger partial charge >= 0.3 is 5.69 Å². The summed E-state index contributed by atoms with van der Waals surface area (Å²) in [6, 6.07) is 6.95. The fourth-order valence-electron chi connectivity index (χ4n) is 2.78. The van der Waals surface area contributed by atoms with E-state index in [4.69, 9.17) is 5.73 Å². The van der Waals surface area contributed by atoms with E-state index < -0.39 is 11.2 Å². The van der Waals surface area contributed by atoms with Gasteiger partial charge in [0.1, 0.15) is 5.82 Å². The van der Waals surface area contributed by atoms with Crippen LogP contribution in [0.25, 0.3) is 0 Å². The number of rotatable bonds is 8. The quantitative estimate of drug-likeness (QED) is 0.663. The Morgan fingerprint density at radius 1 is 1.22 bits per heavy atom. The molecule has 146 valence electrons. The smallest absolute Gasteiger partial charge is 0.330 e. The Bertz CT molecular complexity index is 920. The van der Waals surface area contributed by atoms with E-state index in [-0.39, 0.29) is 17.4 Å². The third-order valence-corrected chi connectivity index (χ3v) is 4.76. The SMILES string of the molecule is CCCCN(C(=O)c1cccc(Br)c1)c1c(N)n(CCCC)c(=O)[nH]c1=O. The number of benzene rings is 1. The number of halogens is 1. The summed E-state index contributed by atoms with van der Waals surface area (Å²) in [6.07, 6.45) is 3.16. The Morgan fingerprint density at radius 3 is 2.56 bits per heavy atom. The molecule has 0 atom stereocenters. The zero-order chi connectivity index (χ0) is 20.0. The summed E-state index contributed by atoms with van der Waals surface area (Å²) >= 11 is 3.36. The second kappa shape index (κ2) is 9.55. The molecule has 1 aromatic carbocycles. The molecule has 27 heavy (non-hydrogen) atoms. The zero-order valence-electron chi connectivity index (χ0n) is 15.6. The molecule has 8 heteroatoms. The Hall–Kier alpha value is -2.35. The molecule has 0 aliphatic rings. The summed E-state index contributed by atoms with van der Waals surface area (Å²) in [5.41, 5.74) is 5.45. The average Bonchev–Trinajstić information content (AvgIpc) is 2.63. The van der Waals surface area contributed by atoms with Gasteiger partial charge in [-0.15, -0.1) is 0 Å². The lowest BCUT2D eigenvalue weighted by Crippen LogP contribution is -2.41. The third kappa shape index (κ3) is 4.88. The highest BCUT2D eigenvalue weighted by atomic mass is 79.9. The number of unbranched alkanes of at least 4 members (excludes halogenated alkanes) is 2. The van der Waals surface area contributed by atoms with Gasteiger partial charge < -0.3 is 10.6 Å². The van der Waals surface area contributed by atoms with Crippen molar-refractivity contribution in [1.29, 1.82) is 0 Å². The molecule has 7 nitrogen and oxygen atoms in total. The molecule has 0 aliphatic heterocycles. The van der Waals surface area contributed by atoms with E-state index in [1.54, 1.807) is 18.2 Å². The van der Waals surface area contributed by atoms with Crippen LogP contribution in [0.2, 0.25) is 0 Å². The van der Waals surface area contributed by atoms with Crippen LogP contribution in [-0.4, -0.2) is 22.0 Å². The van der Waals surface area contributed by atoms with Crippen molar-refractivity contribution >= 4 is 33.3 Å². The maximum Gasteiger partial charge on any atom is 0.330 e. The number of carbonyl (C=O) groups excluding carboxylic acids is 1. The number of hydrogen-bond donors (Lipinski definition) is 2. The van der Waals surface area contributed by atoms with Crippen molar-refractivity contribution in [2.24, 2.45) is 0 Å². The summed E-state index contributed by atoms with van der Waals surface area (Å²) in [7, 11) is 0. The molecule has 0 saturated carbocycles. The van der Waals surface area contributed by atoms with E-state index in [0.717, 1.165) is 23.7 Å². The zero-order valence-corrected chi connectivity index (χ0v) is 17.2. The van der Waals surface area contributed by atoms with Gasteiger partial charge in [0.15, 0.2) is 5.69 Å². The minimum absolute atomic E-state index is 0.0247. The van der Waals surface area contributed by atoms with Gasteiger partial charge in [-0.2, -0.15) is 0 Å². The highest BCUT2D eigenvalue weighted by Crippen LogP contribution is 2.22. The van der Waals surface area contributed by atoms with Gasteiger partial charge in [-0.1, -0.05) is 48.7 Å². The van der Waals surface area contributed by atoms with Gasteiger partial charge in [0.05, 0.1) is 0 Å². The Labute approximate surface area is 166 Å². The Kier molecular flexibility index (Phi) is 7.41. The van der Waals surface area contributed by atoms with Crippen molar-refractivity contribution in [1.82, 2.24) is 9.55 Å². The number of amides is 1. The fourth-order valence-corrected chi connectivity index (χ4v) is 3.18. The number of nitrogen functional groups attached to an aromatic ring is 1. The van der Waals surface area contributed by atoms with E-state index in [0.29, 0.717) is 25.1 Å². The standard InChI is InChI=1S/C19H25BrN4O3/c1-3-5-10-23(18(26)13-8-7-9-14(20)12-13)15-16(21)24(11-6-4-2)19(27)22-17(15)25/h7-9,12H,3-6,10-11,21H2,1-2H3,(H,22,25,27). The Balaban J connectivity index is 2.58. The summed E-state index contributed by atoms with van der Waals surface area (Å²) in [5, 5.41) is 0. The van der Waals surface area contributed by atoms with Crippen molar-refractivity contribution in [3.63, 3.8) is 0 Å². The normalized spacial score (nSPS) is 10.8. The monoisotopic (exact) mass is 436 g/mol. The van der Waals surface area contributed by atoms with Crippen molar-refractivity contribution in [2.75, 3.05) is 17.2 Å². The molecule has 0 radical (unpaired) electrons. The molecule has 3 N–H and O–H groups in total. The van der Waals surface area contributed by atoms with Crippen LogP contribution in [-0.2, 0) is 6.54 Å². The van der Waals surface area contributed by atoms with Crippen LogP contribution in [0.1, 0.15) is 49.9 Å². The number of aromatic nitrogens is 2. The van der Waals surface area contributed by atoms with Gasteiger partial charge in [0.25, 0.3) is 11.5 Å². The molecular formula is C19H25BrN4O3. The average molecular weight is 437 g/mol. The number of hydrogen-bond acceptors (Lipinski definition) is 4. The maximum atomic E-state index is 13.1. The predicted molar refractivity (Wildman–Crippen MR) is 111 cm³/mol. The second-order valence-electron chi connectivity index (χ2n) is 6.32. The number of nitrogens with two attached hydrogens (primary N) is 1. The van der Waals surface area contributed by atoms with Crippen LogP contribution in [0.15, 0.2) is 38.3 Å². The number of H-pyrrole nitrogens is 1. The van der Waals surface area contributed by atoms with Crippen LogP contribution in [0, 0.1) is 0 Å². The largest absolute Gasteiger partial charge is 0.383 e. The lowest BCUT2D eigenvalue weighted by atomic mass is 10.1.